The summed E-state index contributed by atoms with van der Waals surface area (Å²) in [6, 6.07) is 12.5. The molecule has 0 saturated carbocycles. The van der Waals surface area contributed by atoms with Crippen molar-refractivity contribution in [2.75, 3.05) is 7.11 Å². The molecule has 5 nitrogen and oxygen atoms in total. The number of fused-ring (bicyclic) bond motifs is 1. The molecule has 0 N–H and O–H groups in total. The Labute approximate surface area is 127 Å². The molecule has 2 aromatic carbocycles. The molecule has 0 spiro atoms. The second-order valence-electron chi connectivity index (χ2n) is 5.12. The van der Waals surface area contributed by atoms with Crippen molar-refractivity contribution in [1.29, 1.82) is 0 Å². The van der Waals surface area contributed by atoms with Crippen LogP contribution < -0.4 is 16.0 Å². The maximum Gasteiger partial charge on any atom is 0.335 e. The summed E-state index contributed by atoms with van der Waals surface area (Å²) in [5.41, 5.74) is 1.25. The number of ether oxygens (including phenoxy) is 1. The molecule has 0 radical (unpaired) electrons. The second-order valence-corrected chi connectivity index (χ2v) is 5.12. The van der Waals surface area contributed by atoms with Crippen molar-refractivity contribution in [2.45, 2.75) is 6.92 Å². The number of rotatable bonds is 2. The highest BCUT2D eigenvalue weighted by Gasteiger charge is 2.16. The lowest BCUT2D eigenvalue weighted by Crippen LogP contribution is -2.38. The number of hydrogen-bond acceptors (Lipinski definition) is 3. The van der Waals surface area contributed by atoms with Gasteiger partial charge in [0.2, 0.25) is 0 Å². The lowest BCUT2D eigenvalue weighted by Gasteiger charge is -2.14. The van der Waals surface area contributed by atoms with Gasteiger partial charge in [-0.05, 0) is 30.7 Å². The third-order valence-electron chi connectivity index (χ3n) is 3.84. The Morgan fingerprint density at radius 2 is 1.73 bits per heavy atom. The zero-order valence-corrected chi connectivity index (χ0v) is 12.7. The smallest absolute Gasteiger partial charge is 0.335 e. The van der Waals surface area contributed by atoms with Crippen LogP contribution in [0.5, 0.6) is 5.75 Å². The van der Waals surface area contributed by atoms with Crippen molar-refractivity contribution in [3.8, 4) is 11.4 Å². The van der Waals surface area contributed by atoms with Crippen molar-refractivity contribution >= 4 is 10.9 Å². The van der Waals surface area contributed by atoms with E-state index < -0.39 is 0 Å². The minimum Gasteiger partial charge on any atom is -0.496 e. The van der Waals surface area contributed by atoms with Crippen molar-refractivity contribution in [1.82, 2.24) is 9.13 Å². The van der Waals surface area contributed by atoms with Crippen LogP contribution in [0.25, 0.3) is 16.6 Å². The van der Waals surface area contributed by atoms with E-state index >= 15 is 0 Å². The summed E-state index contributed by atoms with van der Waals surface area (Å²) in [4.78, 5) is 25.5. The average molecular weight is 296 g/mol. The summed E-state index contributed by atoms with van der Waals surface area (Å²) in [7, 11) is 3.16. The molecule has 5 heteroatoms. The van der Waals surface area contributed by atoms with E-state index in [4.69, 9.17) is 4.74 Å². The summed E-state index contributed by atoms with van der Waals surface area (Å²) in [6.07, 6.45) is 0. The predicted molar refractivity (Wildman–Crippen MR) is 86.1 cm³/mol. The van der Waals surface area contributed by atoms with Crippen molar-refractivity contribution < 1.29 is 4.74 Å². The number of para-hydroxylation sites is 1. The van der Waals surface area contributed by atoms with Gasteiger partial charge < -0.3 is 4.74 Å². The molecular weight excluding hydrogens is 280 g/mol. The molecule has 0 aliphatic heterocycles. The lowest BCUT2D eigenvalue weighted by molar-refractivity contribution is 0.419. The zero-order valence-electron chi connectivity index (χ0n) is 12.7. The molecule has 112 valence electrons. The minimum atomic E-state index is -0.375. The first-order valence-corrected chi connectivity index (χ1v) is 6.91. The molecule has 0 bridgehead atoms. The van der Waals surface area contributed by atoms with Crippen LogP contribution in [0.2, 0.25) is 0 Å². The number of benzene rings is 2. The van der Waals surface area contributed by atoms with Crippen LogP contribution in [-0.2, 0) is 7.05 Å². The van der Waals surface area contributed by atoms with Gasteiger partial charge in [0.05, 0.1) is 18.3 Å². The fourth-order valence-electron chi connectivity index (χ4n) is 2.66. The van der Waals surface area contributed by atoms with Gasteiger partial charge in [0.15, 0.2) is 0 Å². The molecule has 0 atom stereocenters. The van der Waals surface area contributed by atoms with Gasteiger partial charge in [-0.3, -0.25) is 9.36 Å². The number of aromatic nitrogens is 2. The molecule has 0 aliphatic carbocycles. The average Bonchev–Trinajstić information content (AvgIpc) is 2.54. The van der Waals surface area contributed by atoms with Crippen LogP contribution in [0.15, 0.2) is 52.1 Å². The number of nitrogens with zero attached hydrogens (tertiary/aromatic N) is 2. The van der Waals surface area contributed by atoms with Crippen LogP contribution in [0, 0.1) is 6.92 Å². The van der Waals surface area contributed by atoms with Crippen LogP contribution in [0.4, 0.5) is 0 Å². The standard InChI is InChI=1S/C17H16N2O3/c1-11-7-4-5-8-12(11)19-16(20)15-13(18(2)17(19)21)9-6-10-14(15)22-3/h4-10H,1-3H3. The van der Waals surface area contributed by atoms with Crippen LogP contribution in [-0.4, -0.2) is 16.2 Å². The quantitative estimate of drug-likeness (QED) is 0.727. The van der Waals surface area contributed by atoms with Crippen molar-refractivity contribution in [3.05, 3.63) is 68.9 Å². The summed E-state index contributed by atoms with van der Waals surface area (Å²) in [5, 5.41) is 0.398. The molecular formula is C17H16N2O3. The van der Waals surface area contributed by atoms with Crippen LogP contribution >= 0.6 is 0 Å². The second kappa shape index (κ2) is 5.18. The zero-order chi connectivity index (χ0) is 15.9. The molecule has 0 aliphatic rings. The number of aryl methyl sites for hydroxylation is 2. The molecule has 1 heterocycles. The van der Waals surface area contributed by atoms with Gasteiger partial charge >= 0.3 is 5.69 Å². The molecule has 22 heavy (non-hydrogen) atoms. The van der Waals surface area contributed by atoms with Crippen LogP contribution in [0.3, 0.4) is 0 Å². The maximum absolute atomic E-state index is 12.9. The molecule has 0 unspecified atom stereocenters. The Balaban J connectivity index is 2.56. The van der Waals surface area contributed by atoms with Gasteiger partial charge in [-0.25, -0.2) is 9.36 Å². The van der Waals surface area contributed by atoms with Gasteiger partial charge in [0.1, 0.15) is 11.1 Å². The number of hydrogen-bond donors (Lipinski definition) is 0. The van der Waals surface area contributed by atoms with Gasteiger partial charge in [0, 0.05) is 7.05 Å². The Bertz CT molecular complexity index is 983. The van der Waals surface area contributed by atoms with Gasteiger partial charge in [-0.1, -0.05) is 24.3 Å². The highest BCUT2D eigenvalue weighted by atomic mass is 16.5. The van der Waals surface area contributed by atoms with Crippen LogP contribution in [0.1, 0.15) is 5.56 Å². The van der Waals surface area contributed by atoms with Crippen molar-refractivity contribution in [2.24, 2.45) is 7.05 Å². The fraction of sp³-hybridized carbons (Fsp3) is 0.176. The topological polar surface area (TPSA) is 53.2 Å². The molecule has 0 saturated heterocycles. The normalized spacial score (nSPS) is 10.9. The summed E-state index contributed by atoms with van der Waals surface area (Å²) < 4.78 is 7.95. The van der Waals surface area contributed by atoms with Gasteiger partial charge in [-0.15, -0.1) is 0 Å². The molecule has 0 fully saturated rings. The summed E-state index contributed by atoms with van der Waals surface area (Å²) in [5.74, 6) is 0.459. The first-order valence-electron chi connectivity index (χ1n) is 6.91. The van der Waals surface area contributed by atoms with Crippen molar-refractivity contribution in [3.63, 3.8) is 0 Å². The third kappa shape index (κ3) is 1.94. The Kier molecular flexibility index (Phi) is 3.33. The van der Waals surface area contributed by atoms with E-state index in [-0.39, 0.29) is 11.2 Å². The predicted octanol–water partition coefficient (Wildman–Crippen LogP) is 2.01. The Hall–Kier alpha value is -2.82. The summed E-state index contributed by atoms with van der Waals surface area (Å²) in [6.45, 7) is 1.87. The highest BCUT2D eigenvalue weighted by Crippen LogP contribution is 2.21. The fourth-order valence-corrected chi connectivity index (χ4v) is 2.66. The third-order valence-corrected chi connectivity index (χ3v) is 3.84. The van der Waals surface area contributed by atoms with E-state index in [0.717, 1.165) is 5.56 Å². The SMILES string of the molecule is COc1cccc2c1c(=O)n(-c1ccccc1C)c(=O)n2C. The van der Waals surface area contributed by atoms with Gasteiger partial charge in [0.25, 0.3) is 5.56 Å². The minimum absolute atomic E-state index is 0.371. The maximum atomic E-state index is 12.9. The molecule has 1 aromatic heterocycles. The number of methoxy groups -OCH3 is 1. The highest BCUT2D eigenvalue weighted by molar-refractivity contribution is 5.84. The van der Waals surface area contributed by atoms with E-state index in [0.29, 0.717) is 22.3 Å². The van der Waals surface area contributed by atoms with E-state index in [1.54, 1.807) is 37.4 Å². The molecule has 0 amide bonds. The van der Waals surface area contributed by atoms with E-state index in [1.807, 2.05) is 19.1 Å². The lowest BCUT2D eigenvalue weighted by atomic mass is 10.2. The Morgan fingerprint density at radius 1 is 1.00 bits per heavy atom. The molecule has 3 rings (SSSR count). The van der Waals surface area contributed by atoms with E-state index in [2.05, 4.69) is 0 Å². The van der Waals surface area contributed by atoms with E-state index in [1.165, 1.54) is 16.2 Å². The summed E-state index contributed by atoms with van der Waals surface area (Å²) >= 11 is 0. The monoisotopic (exact) mass is 296 g/mol. The van der Waals surface area contributed by atoms with E-state index in [9.17, 15) is 9.59 Å². The largest absolute Gasteiger partial charge is 0.496 e. The molecule has 3 aromatic rings. The Morgan fingerprint density at radius 3 is 2.41 bits per heavy atom. The first kappa shape index (κ1) is 14.1. The van der Waals surface area contributed by atoms with Gasteiger partial charge in [-0.2, -0.15) is 0 Å². The first-order chi connectivity index (χ1) is 10.6.